The van der Waals surface area contributed by atoms with E-state index >= 15 is 0 Å². The van der Waals surface area contributed by atoms with E-state index in [-0.39, 0.29) is 0 Å². The van der Waals surface area contributed by atoms with Crippen LogP contribution in [0.2, 0.25) is 0 Å². The molecule has 0 radical (unpaired) electrons. The minimum absolute atomic E-state index is 0.293. The van der Waals surface area contributed by atoms with Crippen LogP contribution in [0.1, 0.15) is 1.37 Å². The molecule has 0 saturated heterocycles. The Kier molecular flexibility index (Phi) is 1.78. The van der Waals surface area contributed by atoms with Gasteiger partial charge in [-0.2, -0.15) is 0 Å². The highest BCUT2D eigenvalue weighted by Gasteiger charge is 2.32. The Morgan fingerprint density at radius 1 is 1.06 bits per heavy atom. The van der Waals surface area contributed by atoms with E-state index in [1.807, 2.05) is 0 Å². The van der Waals surface area contributed by atoms with Crippen molar-refractivity contribution in [2.75, 3.05) is 0 Å². The molecule has 1 aliphatic heterocycles. The maximum Gasteiger partial charge on any atom is 0.207 e. The number of fused-ring (bicyclic) bond motifs is 3. The first kappa shape index (κ1) is 8.96. The first-order valence-corrected chi connectivity index (χ1v) is 6.93. The second kappa shape index (κ2) is 3.18. The highest BCUT2D eigenvalue weighted by Crippen LogP contribution is 2.43. The molecule has 16 heavy (non-hydrogen) atoms. The van der Waals surface area contributed by atoms with E-state index in [9.17, 15) is 8.42 Å². The van der Waals surface area contributed by atoms with Crippen molar-refractivity contribution < 1.29 is 9.79 Å². The highest BCUT2D eigenvalue weighted by molar-refractivity contribution is 9.10. The van der Waals surface area contributed by atoms with Crippen LogP contribution in [0, 0.1) is 0 Å². The summed E-state index contributed by atoms with van der Waals surface area (Å²) >= 11 is 3.33. The number of hydrogen-bond acceptors (Lipinski definition) is 2. The number of benzene rings is 2. The van der Waals surface area contributed by atoms with Crippen LogP contribution in [-0.4, -0.2) is 8.42 Å². The first-order valence-electron chi connectivity index (χ1n) is 5.16. The fourth-order valence-corrected chi connectivity index (χ4v) is 3.94. The van der Waals surface area contributed by atoms with Crippen LogP contribution >= 0.6 is 15.9 Å². The van der Waals surface area contributed by atoms with Crippen molar-refractivity contribution >= 4 is 25.8 Å². The lowest BCUT2D eigenvalue weighted by molar-refractivity contribution is 0.598. The van der Waals surface area contributed by atoms with Crippen molar-refractivity contribution in [2.24, 2.45) is 0 Å². The lowest BCUT2D eigenvalue weighted by Gasteiger charge is -1.98. The average molecular weight is 296 g/mol. The Labute approximate surface area is 103 Å². The molecule has 0 aliphatic carbocycles. The Morgan fingerprint density at radius 3 is 2.62 bits per heavy atom. The van der Waals surface area contributed by atoms with E-state index in [1.54, 1.807) is 24.3 Å². The van der Waals surface area contributed by atoms with Crippen LogP contribution in [0.5, 0.6) is 0 Å². The molecule has 0 atom stereocenters. The summed E-state index contributed by atoms with van der Waals surface area (Å²) in [5, 5.41) is 0. The van der Waals surface area contributed by atoms with Gasteiger partial charge in [0.15, 0.2) is 0 Å². The standard InChI is InChI=1S/C12H7BrO2S/c13-8-5-6-12-10(7-8)9-3-1-2-4-11(9)16(12,14)15/h1-7H/i1D. The molecule has 80 valence electrons. The van der Waals surface area contributed by atoms with Gasteiger partial charge in [0.25, 0.3) is 0 Å². The van der Waals surface area contributed by atoms with Gasteiger partial charge in [-0.05, 0) is 24.3 Å². The number of sulfone groups is 1. The third-order valence-corrected chi connectivity index (χ3v) is 5.00. The molecule has 3 rings (SSSR count). The summed E-state index contributed by atoms with van der Waals surface area (Å²) < 4.78 is 32.9. The first-order chi connectivity index (χ1) is 8.00. The fraction of sp³-hybridized carbons (Fsp3) is 0. The Hall–Kier alpha value is -1.13. The SMILES string of the molecule is [2H]c1ccc2c(c1)-c1cc(Br)ccc1S2(=O)=O. The van der Waals surface area contributed by atoms with Crippen LogP contribution in [0.4, 0.5) is 0 Å². The topological polar surface area (TPSA) is 34.1 Å². The quantitative estimate of drug-likeness (QED) is 0.638. The second-order valence-electron chi connectivity index (χ2n) is 3.57. The lowest BCUT2D eigenvalue weighted by Crippen LogP contribution is -1.95. The molecule has 0 bridgehead atoms. The molecule has 0 fully saturated rings. The van der Waals surface area contributed by atoms with Gasteiger partial charge in [-0.3, -0.25) is 0 Å². The zero-order chi connectivity index (χ0) is 12.2. The summed E-state index contributed by atoms with van der Waals surface area (Å²) in [5.41, 5.74) is 1.29. The predicted molar refractivity (Wildman–Crippen MR) is 65.0 cm³/mol. The molecule has 0 saturated carbocycles. The number of halogens is 1. The largest absolute Gasteiger partial charge is 0.218 e. The molecule has 1 aliphatic rings. The minimum Gasteiger partial charge on any atom is -0.218 e. The third kappa shape index (κ3) is 1.20. The smallest absolute Gasteiger partial charge is 0.207 e. The van der Waals surface area contributed by atoms with Gasteiger partial charge in [0, 0.05) is 15.6 Å². The Morgan fingerprint density at radius 2 is 1.81 bits per heavy atom. The van der Waals surface area contributed by atoms with E-state index in [2.05, 4.69) is 15.9 Å². The minimum atomic E-state index is -3.40. The molecule has 1 heterocycles. The van der Waals surface area contributed by atoms with Crippen molar-refractivity contribution in [1.82, 2.24) is 0 Å². The van der Waals surface area contributed by atoms with Crippen LogP contribution < -0.4 is 0 Å². The summed E-state index contributed by atoms with van der Waals surface area (Å²) in [5.74, 6) is 0. The van der Waals surface area contributed by atoms with E-state index in [1.165, 1.54) is 12.1 Å². The van der Waals surface area contributed by atoms with Gasteiger partial charge in [0.2, 0.25) is 9.84 Å². The normalized spacial score (nSPS) is 16.4. The Bertz CT molecular complexity index is 681. The van der Waals surface area contributed by atoms with Crippen LogP contribution in [-0.2, 0) is 9.84 Å². The van der Waals surface area contributed by atoms with Crippen molar-refractivity contribution in [3.8, 4) is 11.1 Å². The van der Waals surface area contributed by atoms with E-state index in [0.717, 1.165) is 4.47 Å². The molecule has 4 heteroatoms. The van der Waals surface area contributed by atoms with Gasteiger partial charge in [0.05, 0.1) is 11.2 Å². The predicted octanol–water partition coefficient (Wildman–Crippen LogP) is 3.26. The molecule has 0 amide bonds. The molecule has 2 aromatic carbocycles. The summed E-state index contributed by atoms with van der Waals surface area (Å²) in [6.45, 7) is 0. The zero-order valence-corrected chi connectivity index (χ0v) is 10.5. The summed E-state index contributed by atoms with van der Waals surface area (Å²) in [7, 11) is -3.40. The molecule has 2 aromatic rings. The fourth-order valence-electron chi connectivity index (χ4n) is 1.93. The summed E-state index contributed by atoms with van der Waals surface area (Å²) in [6.07, 6.45) is 0. The van der Waals surface area contributed by atoms with Crippen LogP contribution in [0.15, 0.2) is 56.7 Å². The van der Waals surface area contributed by atoms with Gasteiger partial charge in [-0.1, -0.05) is 34.1 Å². The molecule has 0 unspecified atom stereocenters. The number of hydrogen-bond donors (Lipinski definition) is 0. The van der Waals surface area contributed by atoms with E-state index < -0.39 is 9.84 Å². The average Bonchev–Trinajstić information content (AvgIpc) is 2.47. The Balaban J connectivity index is 2.48. The molecule has 2 nitrogen and oxygen atoms in total. The number of rotatable bonds is 0. The molecular formula is C12H7BrO2S. The maximum absolute atomic E-state index is 12.2. The van der Waals surface area contributed by atoms with Crippen molar-refractivity contribution in [3.63, 3.8) is 0 Å². The molecule has 0 N–H and O–H groups in total. The van der Waals surface area contributed by atoms with Gasteiger partial charge < -0.3 is 0 Å². The second-order valence-corrected chi connectivity index (χ2v) is 6.37. The van der Waals surface area contributed by atoms with Crippen LogP contribution in [0.25, 0.3) is 11.1 Å². The highest BCUT2D eigenvalue weighted by atomic mass is 79.9. The summed E-state index contributed by atoms with van der Waals surface area (Å²) in [6, 6.07) is 9.98. The van der Waals surface area contributed by atoms with E-state index in [0.29, 0.717) is 27.0 Å². The van der Waals surface area contributed by atoms with Crippen molar-refractivity contribution in [3.05, 3.63) is 46.9 Å². The zero-order valence-electron chi connectivity index (χ0n) is 9.07. The molecular weight excluding hydrogens is 288 g/mol. The third-order valence-electron chi connectivity index (χ3n) is 2.63. The monoisotopic (exact) mass is 295 g/mol. The summed E-state index contributed by atoms with van der Waals surface area (Å²) in [4.78, 5) is 0.614. The van der Waals surface area contributed by atoms with Gasteiger partial charge in [-0.15, -0.1) is 0 Å². The van der Waals surface area contributed by atoms with Gasteiger partial charge >= 0.3 is 0 Å². The van der Waals surface area contributed by atoms with Gasteiger partial charge in [-0.25, -0.2) is 8.42 Å². The molecule has 0 spiro atoms. The van der Waals surface area contributed by atoms with Crippen molar-refractivity contribution in [2.45, 2.75) is 9.79 Å². The molecule has 0 aromatic heterocycles. The van der Waals surface area contributed by atoms with Crippen LogP contribution in [0.3, 0.4) is 0 Å². The van der Waals surface area contributed by atoms with Crippen molar-refractivity contribution in [1.29, 1.82) is 0 Å². The van der Waals surface area contributed by atoms with E-state index in [4.69, 9.17) is 1.37 Å². The van der Waals surface area contributed by atoms with Gasteiger partial charge in [0.1, 0.15) is 0 Å². The maximum atomic E-state index is 12.2. The lowest BCUT2D eigenvalue weighted by atomic mass is 10.1.